The lowest BCUT2D eigenvalue weighted by molar-refractivity contribution is -0.141. The minimum Gasteiger partial charge on any atom is -0.481 e. The zero-order chi connectivity index (χ0) is 16.1. The van der Waals surface area contributed by atoms with Crippen molar-refractivity contribution >= 4 is 23.2 Å². The molecule has 6 heteroatoms. The third-order valence-electron chi connectivity index (χ3n) is 3.30. The number of carbonyl (C=O) groups excluding carboxylic acids is 1. The molecule has 1 aromatic heterocycles. The fourth-order valence-corrected chi connectivity index (χ4v) is 3.00. The summed E-state index contributed by atoms with van der Waals surface area (Å²) in [6.45, 7) is 3.75. The molecule has 1 aromatic carbocycles. The molecule has 0 aliphatic carbocycles. The summed E-state index contributed by atoms with van der Waals surface area (Å²) >= 11 is 1.45. The first-order valence-electron chi connectivity index (χ1n) is 6.96. The fourth-order valence-electron chi connectivity index (χ4n) is 2.18. The highest BCUT2D eigenvalue weighted by molar-refractivity contribution is 7.11. The Morgan fingerprint density at radius 2 is 1.95 bits per heavy atom. The number of nitrogens with zero attached hydrogens (tertiary/aromatic N) is 1. The maximum atomic E-state index is 12.1. The Labute approximate surface area is 133 Å². The van der Waals surface area contributed by atoms with E-state index in [9.17, 15) is 14.7 Å². The van der Waals surface area contributed by atoms with Crippen LogP contribution in [0.4, 0.5) is 0 Å². The summed E-state index contributed by atoms with van der Waals surface area (Å²) in [5.41, 5.74) is 1.32. The lowest BCUT2D eigenvalue weighted by Gasteiger charge is -2.13. The Morgan fingerprint density at radius 3 is 2.50 bits per heavy atom. The van der Waals surface area contributed by atoms with E-state index >= 15 is 0 Å². The van der Waals surface area contributed by atoms with Crippen LogP contribution in [0.15, 0.2) is 30.3 Å². The van der Waals surface area contributed by atoms with Gasteiger partial charge in [-0.05, 0) is 25.8 Å². The molecule has 0 saturated heterocycles. The molecule has 1 atom stereocenters. The highest BCUT2D eigenvalue weighted by Gasteiger charge is 2.21. The molecule has 0 bridgehead atoms. The quantitative estimate of drug-likeness (QED) is 0.857. The van der Waals surface area contributed by atoms with Crippen LogP contribution in [-0.2, 0) is 11.2 Å². The van der Waals surface area contributed by atoms with Gasteiger partial charge in [-0.25, -0.2) is 4.98 Å². The maximum absolute atomic E-state index is 12.1. The molecule has 2 N–H and O–H groups in total. The SMILES string of the molecule is Cc1nc(C(=O)NCC(Cc2ccccc2)C(=O)O)c(C)s1. The van der Waals surface area contributed by atoms with Crippen LogP contribution in [0.25, 0.3) is 0 Å². The number of benzene rings is 1. The van der Waals surface area contributed by atoms with Gasteiger partial charge in [-0.3, -0.25) is 9.59 Å². The molecule has 1 heterocycles. The van der Waals surface area contributed by atoms with Crippen LogP contribution < -0.4 is 5.32 Å². The topological polar surface area (TPSA) is 79.3 Å². The van der Waals surface area contributed by atoms with Crippen LogP contribution in [0, 0.1) is 19.8 Å². The van der Waals surface area contributed by atoms with Crippen LogP contribution in [0.1, 0.15) is 25.9 Å². The normalized spacial score (nSPS) is 11.9. The number of nitrogens with one attached hydrogen (secondary N) is 1. The van der Waals surface area contributed by atoms with Crippen molar-refractivity contribution in [2.45, 2.75) is 20.3 Å². The van der Waals surface area contributed by atoms with Crippen molar-refractivity contribution in [1.29, 1.82) is 0 Å². The second-order valence-corrected chi connectivity index (χ2v) is 6.48. The molecule has 0 saturated carbocycles. The minimum absolute atomic E-state index is 0.0824. The number of hydrogen-bond acceptors (Lipinski definition) is 4. The van der Waals surface area contributed by atoms with E-state index in [0.717, 1.165) is 15.4 Å². The van der Waals surface area contributed by atoms with E-state index < -0.39 is 11.9 Å². The number of hydrogen-bond donors (Lipinski definition) is 2. The molecule has 1 amide bonds. The average Bonchev–Trinajstić information content (AvgIpc) is 2.82. The van der Waals surface area contributed by atoms with Crippen LogP contribution in [0.2, 0.25) is 0 Å². The molecule has 0 aliphatic heterocycles. The number of rotatable bonds is 6. The standard InChI is InChI=1S/C16H18N2O3S/c1-10-14(18-11(2)22-10)15(19)17-9-13(16(20)21)8-12-6-4-3-5-7-12/h3-7,13H,8-9H2,1-2H3,(H,17,19)(H,20,21). The minimum atomic E-state index is -0.921. The van der Waals surface area contributed by atoms with Gasteiger partial charge in [-0.15, -0.1) is 11.3 Å². The van der Waals surface area contributed by atoms with E-state index in [1.807, 2.05) is 44.2 Å². The van der Waals surface area contributed by atoms with E-state index in [0.29, 0.717) is 12.1 Å². The molecule has 2 aromatic rings. The third kappa shape index (κ3) is 4.14. The number of carboxylic acid groups (broad SMARTS) is 1. The molecule has 1 unspecified atom stereocenters. The van der Waals surface area contributed by atoms with Gasteiger partial charge in [0.05, 0.1) is 10.9 Å². The van der Waals surface area contributed by atoms with E-state index in [4.69, 9.17) is 0 Å². The zero-order valence-electron chi connectivity index (χ0n) is 12.5. The predicted octanol–water partition coefficient (Wildman–Crippen LogP) is 2.43. The summed E-state index contributed by atoms with van der Waals surface area (Å²) in [4.78, 5) is 28.5. The van der Waals surface area contributed by atoms with Crippen LogP contribution in [0.3, 0.4) is 0 Å². The molecule has 0 radical (unpaired) electrons. The Balaban J connectivity index is 1.99. The van der Waals surface area contributed by atoms with E-state index in [1.54, 1.807) is 0 Å². The van der Waals surface area contributed by atoms with E-state index in [-0.39, 0.29) is 12.5 Å². The van der Waals surface area contributed by atoms with Crippen molar-refractivity contribution in [2.24, 2.45) is 5.92 Å². The molecule has 2 rings (SSSR count). The number of carboxylic acids is 1. The summed E-state index contributed by atoms with van der Waals surface area (Å²) < 4.78 is 0. The third-order valence-corrected chi connectivity index (χ3v) is 4.19. The monoisotopic (exact) mass is 318 g/mol. The predicted molar refractivity (Wildman–Crippen MR) is 85.2 cm³/mol. The number of amides is 1. The molecule has 0 spiro atoms. The highest BCUT2D eigenvalue weighted by atomic mass is 32.1. The largest absolute Gasteiger partial charge is 0.481 e. The van der Waals surface area contributed by atoms with Gasteiger partial charge in [0.2, 0.25) is 0 Å². The van der Waals surface area contributed by atoms with Crippen LogP contribution in [-0.4, -0.2) is 28.5 Å². The molecule has 0 fully saturated rings. The van der Waals surface area contributed by atoms with Gasteiger partial charge in [-0.1, -0.05) is 30.3 Å². The lowest BCUT2D eigenvalue weighted by atomic mass is 9.99. The number of aryl methyl sites for hydroxylation is 2. The van der Waals surface area contributed by atoms with Crippen LogP contribution >= 0.6 is 11.3 Å². The van der Waals surface area contributed by atoms with Crippen molar-refractivity contribution < 1.29 is 14.7 Å². The summed E-state index contributed by atoms with van der Waals surface area (Å²) in [7, 11) is 0. The summed E-state index contributed by atoms with van der Waals surface area (Å²) in [5.74, 6) is -1.90. The Kier molecular flexibility index (Phi) is 5.27. The average molecular weight is 318 g/mol. The zero-order valence-corrected chi connectivity index (χ0v) is 13.3. The maximum Gasteiger partial charge on any atom is 0.308 e. The van der Waals surface area contributed by atoms with E-state index in [1.165, 1.54) is 11.3 Å². The van der Waals surface area contributed by atoms with Crippen LogP contribution in [0.5, 0.6) is 0 Å². The molecule has 5 nitrogen and oxygen atoms in total. The summed E-state index contributed by atoms with van der Waals surface area (Å²) in [6, 6.07) is 9.38. The molecule has 22 heavy (non-hydrogen) atoms. The smallest absolute Gasteiger partial charge is 0.308 e. The van der Waals surface area contributed by atoms with Gasteiger partial charge in [-0.2, -0.15) is 0 Å². The lowest BCUT2D eigenvalue weighted by Crippen LogP contribution is -2.34. The summed E-state index contributed by atoms with van der Waals surface area (Å²) in [6.07, 6.45) is 0.380. The highest BCUT2D eigenvalue weighted by Crippen LogP contribution is 2.16. The van der Waals surface area contributed by atoms with E-state index in [2.05, 4.69) is 10.3 Å². The number of carbonyl (C=O) groups is 2. The second-order valence-electron chi connectivity index (χ2n) is 5.07. The number of aromatic nitrogens is 1. The van der Waals surface area contributed by atoms with Crippen molar-refractivity contribution in [3.05, 3.63) is 51.5 Å². The van der Waals surface area contributed by atoms with Gasteiger partial charge in [0.15, 0.2) is 0 Å². The van der Waals surface area contributed by atoms with Crippen molar-refractivity contribution in [2.75, 3.05) is 6.54 Å². The van der Waals surface area contributed by atoms with Gasteiger partial charge >= 0.3 is 5.97 Å². The molecular formula is C16H18N2O3S. The van der Waals surface area contributed by atoms with Crippen molar-refractivity contribution in [3.63, 3.8) is 0 Å². The summed E-state index contributed by atoms with van der Waals surface area (Å²) in [5, 5.41) is 12.8. The molecule has 116 valence electrons. The Hall–Kier alpha value is -2.21. The Bertz CT molecular complexity index is 667. The van der Waals surface area contributed by atoms with Gasteiger partial charge < -0.3 is 10.4 Å². The van der Waals surface area contributed by atoms with Gasteiger partial charge in [0.25, 0.3) is 5.91 Å². The fraction of sp³-hybridized carbons (Fsp3) is 0.312. The first kappa shape index (κ1) is 16.2. The molecule has 0 aliphatic rings. The van der Waals surface area contributed by atoms with Crippen molar-refractivity contribution in [1.82, 2.24) is 10.3 Å². The first-order valence-corrected chi connectivity index (χ1v) is 7.78. The van der Waals surface area contributed by atoms with Gasteiger partial charge in [0, 0.05) is 11.4 Å². The molecular weight excluding hydrogens is 300 g/mol. The van der Waals surface area contributed by atoms with Gasteiger partial charge in [0.1, 0.15) is 5.69 Å². The Morgan fingerprint density at radius 1 is 1.27 bits per heavy atom. The number of thiazole rings is 1. The number of aliphatic carboxylic acids is 1. The first-order chi connectivity index (χ1) is 10.5. The van der Waals surface area contributed by atoms with Crippen molar-refractivity contribution in [3.8, 4) is 0 Å². The second kappa shape index (κ2) is 7.17.